The first-order valence-electron chi connectivity index (χ1n) is 7.71. The van der Waals surface area contributed by atoms with E-state index in [0.29, 0.717) is 6.61 Å². The molecule has 4 heteroatoms. The van der Waals surface area contributed by atoms with E-state index in [-0.39, 0.29) is 0 Å². The summed E-state index contributed by atoms with van der Waals surface area (Å²) >= 11 is 0. The zero-order valence-corrected chi connectivity index (χ0v) is 14.6. The number of benzene rings is 2. The van der Waals surface area contributed by atoms with Gasteiger partial charge in [-0.15, -0.1) is 0 Å². The van der Waals surface area contributed by atoms with Crippen molar-refractivity contribution >= 4 is 17.7 Å². The van der Waals surface area contributed by atoms with E-state index >= 15 is 0 Å². The van der Waals surface area contributed by atoms with Gasteiger partial charge in [0.15, 0.2) is 0 Å². The summed E-state index contributed by atoms with van der Waals surface area (Å²) in [6, 6.07) is 12.2. The molecule has 0 saturated heterocycles. The average molecular weight is 311 g/mol. The summed E-state index contributed by atoms with van der Waals surface area (Å²) in [5, 5.41) is 3.22. The third-order valence-corrected chi connectivity index (χ3v) is 3.65. The number of ether oxygens (including phenoxy) is 1. The molecule has 2 rings (SSSR count). The van der Waals surface area contributed by atoms with Gasteiger partial charge in [0.05, 0.1) is 12.0 Å². The lowest BCUT2D eigenvalue weighted by molar-refractivity contribution is 0.304. The Morgan fingerprint density at radius 1 is 1.13 bits per heavy atom. The van der Waals surface area contributed by atoms with Crippen molar-refractivity contribution in [2.24, 2.45) is 4.99 Å². The topological polar surface area (TPSA) is 36.9 Å². The van der Waals surface area contributed by atoms with E-state index in [4.69, 9.17) is 4.74 Å². The van der Waals surface area contributed by atoms with Crippen LogP contribution in [-0.2, 0) is 6.61 Å². The maximum atomic E-state index is 6.02. The Hall–Kier alpha value is -2.49. The van der Waals surface area contributed by atoms with Gasteiger partial charge in [-0.1, -0.05) is 12.1 Å². The van der Waals surface area contributed by atoms with Gasteiger partial charge in [0, 0.05) is 32.4 Å². The fourth-order valence-electron chi connectivity index (χ4n) is 2.34. The van der Waals surface area contributed by atoms with Crippen LogP contribution in [0.4, 0.5) is 11.4 Å². The second-order valence-electron chi connectivity index (χ2n) is 5.80. The van der Waals surface area contributed by atoms with E-state index in [1.165, 1.54) is 11.1 Å². The van der Waals surface area contributed by atoms with Crippen molar-refractivity contribution in [1.29, 1.82) is 0 Å². The predicted octanol–water partition coefficient (Wildman–Crippen LogP) is 4.15. The summed E-state index contributed by atoms with van der Waals surface area (Å²) in [4.78, 5) is 6.32. The summed E-state index contributed by atoms with van der Waals surface area (Å²) < 4.78 is 6.02. The van der Waals surface area contributed by atoms with Crippen LogP contribution in [0.25, 0.3) is 0 Å². The highest BCUT2D eigenvalue weighted by Gasteiger charge is 2.07. The van der Waals surface area contributed by atoms with E-state index in [9.17, 15) is 0 Å². The van der Waals surface area contributed by atoms with Gasteiger partial charge in [-0.2, -0.15) is 0 Å². The van der Waals surface area contributed by atoms with Gasteiger partial charge in [0.1, 0.15) is 12.4 Å². The molecule has 0 saturated carbocycles. The molecule has 1 N–H and O–H groups in total. The number of hydrogen-bond donors (Lipinski definition) is 1. The van der Waals surface area contributed by atoms with Crippen LogP contribution in [-0.4, -0.2) is 32.4 Å². The Labute approximate surface area is 138 Å². The lowest BCUT2D eigenvalue weighted by atomic mass is 10.1. The zero-order valence-electron chi connectivity index (χ0n) is 14.6. The first-order valence-corrected chi connectivity index (χ1v) is 7.71. The standard InChI is InChI=1S/C19H25N3O/c1-14-7-6-8-18(20-3)17(14)12-23-19-10-9-16(11-15(19)2)21-13-22(4)5/h6-11,13,20H,12H2,1-5H3. The second kappa shape index (κ2) is 7.68. The number of rotatable bonds is 6. The highest BCUT2D eigenvalue weighted by Crippen LogP contribution is 2.26. The smallest absolute Gasteiger partial charge is 0.122 e. The molecular formula is C19H25N3O. The molecule has 2 aromatic carbocycles. The number of nitrogens with one attached hydrogen (secondary N) is 1. The van der Waals surface area contributed by atoms with Crippen molar-refractivity contribution in [1.82, 2.24) is 4.90 Å². The van der Waals surface area contributed by atoms with Crippen LogP contribution in [0.2, 0.25) is 0 Å². The molecule has 0 aliphatic heterocycles. The first kappa shape index (κ1) is 16.9. The van der Waals surface area contributed by atoms with Crippen molar-refractivity contribution in [3.8, 4) is 5.75 Å². The molecule has 0 unspecified atom stereocenters. The zero-order chi connectivity index (χ0) is 16.8. The van der Waals surface area contributed by atoms with E-state index in [1.54, 1.807) is 6.34 Å². The van der Waals surface area contributed by atoms with Crippen LogP contribution in [0.1, 0.15) is 16.7 Å². The molecule has 0 aliphatic rings. The van der Waals surface area contributed by atoms with E-state index in [0.717, 1.165) is 22.7 Å². The highest BCUT2D eigenvalue weighted by molar-refractivity contribution is 5.62. The maximum Gasteiger partial charge on any atom is 0.122 e. The number of hydrogen-bond acceptors (Lipinski definition) is 3. The molecule has 0 radical (unpaired) electrons. The van der Waals surface area contributed by atoms with Gasteiger partial charge in [-0.25, -0.2) is 4.99 Å². The van der Waals surface area contributed by atoms with Gasteiger partial charge < -0.3 is 15.0 Å². The second-order valence-corrected chi connectivity index (χ2v) is 5.80. The third-order valence-electron chi connectivity index (χ3n) is 3.65. The minimum Gasteiger partial charge on any atom is -0.489 e. The number of nitrogens with zero attached hydrogens (tertiary/aromatic N) is 2. The Kier molecular flexibility index (Phi) is 5.63. The van der Waals surface area contributed by atoms with E-state index < -0.39 is 0 Å². The number of aryl methyl sites for hydroxylation is 2. The van der Waals surface area contributed by atoms with Crippen molar-refractivity contribution in [3.63, 3.8) is 0 Å². The molecule has 4 nitrogen and oxygen atoms in total. The molecule has 2 aromatic rings. The molecule has 0 bridgehead atoms. The van der Waals surface area contributed by atoms with Crippen LogP contribution in [0.3, 0.4) is 0 Å². The van der Waals surface area contributed by atoms with Crippen LogP contribution in [0.5, 0.6) is 5.75 Å². The molecule has 0 atom stereocenters. The minimum absolute atomic E-state index is 0.546. The van der Waals surface area contributed by atoms with Crippen molar-refractivity contribution in [2.45, 2.75) is 20.5 Å². The van der Waals surface area contributed by atoms with E-state index in [2.05, 4.69) is 29.4 Å². The Morgan fingerprint density at radius 3 is 2.57 bits per heavy atom. The molecule has 0 fully saturated rings. The quantitative estimate of drug-likeness (QED) is 0.643. The lowest BCUT2D eigenvalue weighted by Crippen LogP contribution is -2.07. The minimum atomic E-state index is 0.546. The molecule has 122 valence electrons. The van der Waals surface area contributed by atoms with Gasteiger partial charge in [-0.3, -0.25) is 0 Å². The van der Waals surface area contributed by atoms with E-state index in [1.807, 2.05) is 57.2 Å². The van der Waals surface area contributed by atoms with Crippen LogP contribution in [0.15, 0.2) is 41.4 Å². The normalized spacial score (nSPS) is 10.8. The number of aliphatic imine (C=N–C) groups is 1. The molecule has 23 heavy (non-hydrogen) atoms. The van der Waals surface area contributed by atoms with Gasteiger partial charge in [-0.05, 0) is 49.2 Å². The van der Waals surface area contributed by atoms with Crippen molar-refractivity contribution in [2.75, 3.05) is 26.5 Å². The molecular weight excluding hydrogens is 286 g/mol. The van der Waals surface area contributed by atoms with Crippen LogP contribution >= 0.6 is 0 Å². The Balaban J connectivity index is 2.13. The van der Waals surface area contributed by atoms with Crippen LogP contribution < -0.4 is 10.1 Å². The SMILES string of the molecule is CNc1cccc(C)c1COc1ccc(N=CN(C)C)cc1C. The summed E-state index contributed by atoms with van der Waals surface area (Å²) in [6.45, 7) is 4.69. The Bertz CT molecular complexity index is 693. The molecule has 0 spiro atoms. The maximum absolute atomic E-state index is 6.02. The van der Waals surface area contributed by atoms with Crippen molar-refractivity contribution in [3.05, 3.63) is 53.1 Å². The fourth-order valence-corrected chi connectivity index (χ4v) is 2.34. The molecule has 0 heterocycles. The largest absolute Gasteiger partial charge is 0.489 e. The average Bonchev–Trinajstić information content (AvgIpc) is 2.52. The molecule has 0 amide bonds. The fraction of sp³-hybridized carbons (Fsp3) is 0.316. The molecule has 0 aliphatic carbocycles. The number of anilines is 1. The van der Waals surface area contributed by atoms with Gasteiger partial charge >= 0.3 is 0 Å². The summed E-state index contributed by atoms with van der Waals surface area (Å²) in [5.74, 6) is 0.888. The highest BCUT2D eigenvalue weighted by atomic mass is 16.5. The molecule has 0 aromatic heterocycles. The third kappa shape index (κ3) is 4.49. The van der Waals surface area contributed by atoms with Crippen molar-refractivity contribution < 1.29 is 4.74 Å². The predicted molar refractivity (Wildman–Crippen MR) is 98.1 cm³/mol. The first-order chi connectivity index (χ1) is 11.0. The van der Waals surface area contributed by atoms with Gasteiger partial charge in [0.2, 0.25) is 0 Å². The Morgan fingerprint density at radius 2 is 1.91 bits per heavy atom. The summed E-state index contributed by atoms with van der Waals surface area (Å²) in [7, 11) is 5.84. The lowest BCUT2D eigenvalue weighted by Gasteiger charge is -2.15. The van der Waals surface area contributed by atoms with Gasteiger partial charge in [0.25, 0.3) is 0 Å². The summed E-state index contributed by atoms with van der Waals surface area (Å²) in [6.07, 6.45) is 1.79. The monoisotopic (exact) mass is 311 g/mol. The summed E-state index contributed by atoms with van der Waals surface area (Å²) in [5.41, 5.74) is 5.52. The van der Waals surface area contributed by atoms with Crippen LogP contribution in [0, 0.1) is 13.8 Å².